The monoisotopic (exact) mass is 276 g/mol. The van der Waals surface area contributed by atoms with E-state index in [1.54, 1.807) is 11.3 Å². The van der Waals surface area contributed by atoms with Gasteiger partial charge in [0.1, 0.15) is 12.4 Å². The predicted molar refractivity (Wildman–Crippen MR) is 77.1 cm³/mol. The van der Waals surface area contributed by atoms with E-state index in [0.717, 1.165) is 22.4 Å². The first-order chi connectivity index (χ1) is 9.11. The lowest BCUT2D eigenvalue weighted by Gasteiger charge is -2.13. The zero-order chi connectivity index (χ0) is 13.8. The molecule has 0 bridgehead atoms. The van der Waals surface area contributed by atoms with Crippen molar-refractivity contribution in [2.75, 3.05) is 0 Å². The van der Waals surface area contributed by atoms with Crippen LogP contribution in [0.15, 0.2) is 34.1 Å². The van der Waals surface area contributed by atoms with Gasteiger partial charge in [-0.2, -0.15) is 11.3 Å². The van der Waals surface area contributed by atoms with E-state index in [1.807, 2.05) is 37.4 Å². The van der Waals surface area contributed by atoms with Crippen LogP contribution in [-0.2, 0) is 6.61 Å². The van der Waals surface area contributed by atoms with E-state index < -0.39 is 0 Å². The molecule has 1 aromatic heterocycles. The summed E-state index contributed by atoms with van der Waals surface area (Å²) in [6.45, 7) is 4.45. The molecule has 0 aliphatic rings. The number of ether oxygens (including phenoxy) is 1. The normalized spacial score (nSPS) is 11.6. The summed E-state index contributed by atoms with van der Waals surface area (Å²) in [6.07, 6.45) is 0. The molecule has 3 N–H and O–H groups in total. The molecule has 0 aliphatic heterocycles. The molecule has 1 aromatic carbocycles. The van der Waals surface area contributed by atoms with Crippen LogP contribution in [0.3, 0.4) is 0 Å². The Balaban J connectivity index is 2.22. The summed E-state index contributed by atoms with van der Waals surface area (Å²) in [6, 6.07) is 5.75. The number of benzene rings is 1. The van der Waals surface area contributed by atoms with Gasteiger partial charge < -0.3 is 15.7 Å². The van der Waals surface area contributed by atoms with Crippen molar-refractivity contribution in [3.05, 3.63) is 51.2 Å². The van der Waals surface area contributed by atoms with Gasteiger partial charge in [-0.1, -0.05) is 5.16 Å². The van der Waals surface area contributed by atoms with Gasteiger partial charge in [-0.3, -0.25) is 0 Å². The third kappa shape index (κ3) is 3.06. The molecule has 0 saturated carbocycles. The molecule has 2 aromatic rings. The van der Waals surface area contributed by atoms with E-state index in [0.29, 0.717) is 12.2 Å². The Kier molecular flexibility index (Phi) is 4.06. The standard InChI is InChI=1S/C14H16N2O2S/c1-9-5-12(14(15)16-17)6-10(2)13(9)18-7-11-3-4-19-8-11/h3-6,8,17H,7H2,1-2H3,(H2,15,16). The van der Waals surface area contributed by atoms with E-state index in [-0.39, 0.29) is 5.84 Å². The molecule has 5 heteroatoms. The summed E-state index contributed by atoms with van der Waals surface area (Å²) < 4.78 is 5.84. The number of hydrogen-bond acceptors (Lipinski definition) is 4. The third-order valence-electron chi connectivity index (χ3n) is 2.83. The molecule has 4 nitrogen and oxygen atoms in total. The van der Waals surface area contributed by atoms with E-state index in [2.05, 4.69) is 10.5 Å². The Hall–Kier alpha value is -2.01. The second-order valence-corrected chi connectivity index (χ2v) is 5.12. The van der Waals surface area contributed by atoms with Crippen LogP contribution in [0.4, 0.5) is 0 Å². The lowest BCUT2D eigenvalue weighted by Crippen LogP contribution is -2.14. The Labute approximate surface area is 116 Å². The molecule has 100 valence electrons. The molecular formula is C14H16N2O2S. The maximum Gasteiger partial charge on any atom is 0.170 e. The van der Waals surface area contributed by atoms with Crippen molar-refractivity contribution in [1.82, 2.24) is 0 Å². The molecule has 0 unspecified atom stereocenters. The van der Waals surface area contributed by atoms with Gasteiger partial charge in [-0.15, -0.1) is 0 Å². The number of thiophene rings is 1. The van der Waals surface area contributed by atoms with Crippen LogP contribution in [-0.4, -0.2) is 11.0 Å². The maximum absolute atomic E-state index is 8.70. The van der Waals surface area contributed by atoms with Crippen LogP contribution < -0.4 is 10.5 Å². The quantitative estimate of drug-likeness (QED) is 0.390. The highest BCUT2D eigenvalue weighted by Gasteiger charge is 2.09. The number of hydrogen-bond donors (Lipinski definition) is 2. The Morgan fingerprint density at radius 1 is 1.37 bits per heavy atom. The minimum Gasteiger partial charge on any atom is -0.488 e. The van der Waals surface area contributed by atoms with Crippen molar-refractivity contribution in [3.8, 4) is 5.75 Å². The minimum atomic E-state index is 0.107. The Morgan fingerprint density at radius 2 is 2.05 bits per heavy atom. The molecule has 0 amide bonds. The molecule has 0 aliphatic carbocycles. The number of nitrogens with two attached hydrogens (primary N) is 1. The van der Waals surface area contributed by atoms with Crippen LogP contribution in [0, 0.1) is 13.8 Å². The van der Waals surface area contributed by atoms with Gasteiger partial charge in [0.15, 0.2) is 5.84 Å². The van der Waals surface area contributed by atoms with Gasteiger partial charge in [0.25, 0.3) is 0 Å². The maximum atomic E-state index is 8.70. The number of nitrogens with zero attached hydrogens (tertiary/aromatic N) is 1. The summed E-state index contributed by atoms with van der Waals surface area (Å²) >= 11 is 1.65. The van der Waals surface area contributed by atoms with Crippen molar-refractivity contribution in [2.24, 2.45) is 10.9 Å². The van der Waals surface area contributed by atoms with E-state index >= 15 is 0 Å². The van der Waals surface area contributed by atoms with Crippen LogP contribution in [0.5, 0.6) is 5.75 Å². The number of aryl methyl sites for hydroxylation is 2. The van der Waals surface area contributed by atoms with Crippen LogP contribution in [0.1, 0.15) is 22.3 Å². The van der Waals surface area contributed by atoms with E-state index in [1.165, 1.54) is 0 Å². The van der Waals surface area contributed by atoms with Gasteiger partial charge in [0, 0.05) is 5.56 Å². The highest BCUT2D eigenvalue weighted by molar-refractivity contribution is 7.07. The zero-order valence-corrected chi connectivity index (χ0v) is 11.7. The molecule has 0 spiro atoms. The summed E-state index contributed by atoms with van der Waals surface area (Å²) in [5.74, 6) is 0.955. The minimum absolute atomic E-state index is 0.107. The predicted octanol–water partition coefficient (Wildman–Crippen LogP) is 3.04. The van der Waals surface area contributed by atoms with Gasteiger partial charge >= 0.3 is 0 Å². The van der Waals surface area contributed by atoms with E-state index in [9.17, 15) is 0 Å². The van der Waals surface area contributed by atoms with E-state index in [4.69, 9.17) is 15.7 Å². The Morgan fingerprint density at radius 3 is 2.58 bits per heavy atom. The SMILES string of the molecule is Cc1cc(C(N)=NO)cc(C)c1OCc1ccsc1. The van der Waals surface area contributed by atoms with Crippen molar-refractivity contribution >= 4 is 17.2 Å². The molecule has 0 atom stereocenters. The number of rotatable bonds is 4. The lowest BCUT2D eigenvalue weighted by molar-refractivity contribution is 0.302. The Bertz CT molecular complexity index is 568. The summed E-state index contributed by atoms with van der Waals surface area (Å²) in [5, 5.41) is 15.8. The fourth-order valence-corrected chi connectivity index (χ4v) is 2.57. The lowest BCUT2D eigenvalue weighted by atomic mass is 10.1. The third-order valence-corrected chi connectivity index (χ3v) is 3.56. The highest BCUT2D eigenvalue weighted by atomic mass is 32.1. The van der Waals surface area contributed by atoms with Gasteiger partial charge in [-0.05, 0) is 59.5 Å². The molecule has 0 fully saturated rings. The van der Waals surface area contributed by atoms with Crippen molar-refractivity contribution in [3.63, 3.8) is 0 Å². The number of oxime groups is 1. The fourth-order valence-electron chi connectivity index (χ4n) is 1.91. The molecule has 19 heavy (non-hydrogen) atoms. The average Bonchev–Trinajstić information content (AvgIpc) is 2.89. The van der Waals surface area contributed by atoms with Crippen molar-refractivity contribution < 1.29 is 9.94 Å². The summed E-state index contributed by atoms with van der Waals surface area (Å²) in [5.41, 5.74) is 9.38. The fraction of sp³-hybridized carbons (Fsp3) is 0.214. The number of amidine groups is 1. The molecule has 0 saturated heterocycles. The largest absolute Gasteiger partial charge is 0.488 e. The summed E-state index contributed by atoms with van der Waals surface area (Å²) in [7, 11) is 0. The van der Waals surface area contributed by atoms with Gasteiger partial charge in [0.05, 0.1) is 0 Å². The summed E-state index contributed by atoms with van der Waals surface area (Å²) in [4.78, 5) is 0. The van der Waals surface area contributed by atoms with Crippen LogP contribution >= 0.6 is 11.3 Å². The average molecular weight is 276 g/mol. The second kappa shape index (κ2) is 5.75. The topological polar surface area (TPSA) is 67.8 Å². The van der Waals surface area contributed by atoms with Gasteiger partial charge in [-0.25, -0.2) is 0 Å². The van der Waals surface area contributed by atoms with Crippen LogP contribution in [0.2, 0.25) is 0 Å². The van der Waals surface area contributed by atoms with Gasteiger partial charge in [0.2, 0.25) is 0 Å². The first-order valence-corrected chi connectivity index (χ1v) is 6.79. The second-order valence-electron chi connectivity index (χ2n) is 4.34. The first kappa shape index (κ1) is 13.4. The smallest absolute Gasteiger partial charge is 0.170 e. The van der Waals surface area contributed by atoms with Crippen LogP contribution in [0.25, 0.3) is 0 Å². The first-order valence-electron chi connectivity index (χ1n) is 5.85. The molecule has 2 rings (SSSR count). The molecule has 0 radical (unpaired) electrons. The van der Waals surface area contributed by atoms with Crippen molar-refractivity contribution in [1.29, 1.82) is 0 Å². The van der Waals surface area contributed by atoms with Crippen molar-refractivity contribution in [2.45, 2.75) is 20.5 Å². The zero-order valence-electron chi connectivity index (χ0n) is 10.9. The molecule has 1 heterocycles. The molecular weight excluding hydrogens is 260 g/mol. The highest BCUT2D eigenvalue weighted by Crippen LogP contribution is 2.26.